The maximum Gasteiger partial charge on any atom is 0.164 e. The Bertz CT molecular complexity index is 1710. The van der Waals surface area contributed by atoms with E-state index in [1.165, 1.54) is 21.9 Å². The van der Waals surface area contributed by atoms with Crippen LogP contribution in [0.3, 0.4) is 0 Å². The van der Waals surface area contributed by atoms with Crippen LogP contribution in [0.4, 0.5) is 0 Å². The van der Waals surface area contributed by atoms with Crippen LogP contribution >= 0.6 is 0 Å². The molecule has 0 amide bonds. The largest absolute Gasteiger partial charge is 0.511 e. The standard InChI is InChI=1S/C26H24NO.C15H28O2.Ir/c1-15(2)11-17-12-19-9-10-27-25-21-14-18-7-5-6-8-20(18)23(16(3)4)26(21)28-22(13-17)24(19)25;1-7-12(8-2)13(16)11(5)14(17)15(6,9-3)10-4;/h5-10,12-13,15-16H,11H2,1-4H3;12,17H,7-10H2,1-6H3;/q-1;;/b;14-11-;. The number of allylic oxidation sites excluding steroid dienone is 2. The summed E-state index contributed by atoms with van der Waals surface area (Å²) in [5.41, 5.74) is 4.82. The Kier molecular flexibility index (Phi) is 12.8. The Morgan fingerprint density at radius 1 is 1.00 bits per heavy atom. The predicted molar refractivity (Wildman–Crippen MR) is 189 cm³/mol. The zero-order valence-electron chi connectivity index (χ0n) is 29.4. The van der Waals surface area contributed by atoms with E-state index in [2.05, 4.69) is 90.1 Å². The van der Waals surface area contributed by atoms with Crippen LogP contribution < -0.4 is 4.74 Å². The SMILES string of the molecule is CC(C)Cc1cc2c3c(nccc3c1)-c1[c-]c3ccccc3c(C(C)C)c1O2.CCC(CC)C(=O)/C(C)=C(\O)C(C)(CC)CC.[Ir]. The average Bonchev–Trinajstić information content (AvgIpc) is 3.03. The van der Waals surface area contributed by atoms with Gasteiger partial charge in [0.25, 0.3) is 0 Å². The molecule has 0 fully saturated rings. The van der Waals surface area contributed by atoms with Gasteiger partial charge in [0.05, 0.1) is 5.75 Å². The van der Waals surface area contributed by atoms with Gasteiger partial charge in [0.15, 0.2) is 5.78 Å². The number of Topliss-reactive ketones (excluding diaryl/α,β-unsaturated/α-hetero) is 1. The Morgan fingerprint density at radius 2 is 1.65 bits per heavy atom. The average molecular weight is 799 g/mol. The number of hydrogen-bond donors (Lipinski definition) is 1. The molecule has 1 radical (unpaired) electrons. The van der Waals surface area contributed by atoms with E-state index >= 15 is 0 Å². The number of aromatic nitrogens is 1. The van der Waals surface area contributed by atoms with Crippen molar-refractivity contribution in [3.05, 3.63) is 77.2 Å². The molecule has 1 aliphatic heterocycles. The molecule has 5 heteroatoms. The van der Waals surface area contributed by atoms with Crippen molar-refractivity contribution in [2.24, 2.45) is 17.3 Å². The number of ether oxygens (including phenoxy) is 1. The first-order valence-corrected chi connectivity index (χ1v) is 16.9. The molecule has 4 nitrogen and oxygen atoms in total. The number of hydrogen-bond acceptors (Lipinski definition) is 4. The minimum atomic E-state index is -0.258. The van der Waals surface area contributed by atoms with Gasteiger partial charge < -0.3 is 9.84 Å². The van der Waals surface area contributed by atoms with Crippen molar-refractivity contribution in [2.45, 2.75) is 107 Å². The van der Waals surface area contributed by atoms with Gasteiger partial charge in [0, 0.05) is 54.3 Å². The van der Waals surface area contributed by atoms with Crippen molar-refractivity contribution in [1.82, 2.24) is 4.98 Å². The summed E-state index contributed by atoms with van der Waals surface area (Å²) in [5.74, 6) is 3.24. The second-order valence-corrected chi connectivity index (χ2v) is 13.6. The van der Waals surface area contributed by atoms with Crippen LogP contribution in [0, 0.1) is 23.3 Å². The number of carbonyl (C=O) groups excluding carboxylic acids is 1. The van der Waals surface area contributed by atoms with Gasteiger partial charge in [-0.15, -0.1) is 17.5 Å². The van der Waals surface area contributed by atoms with Crippen molar-refractivity contribution in [3.8, 4) is 22.8 Å². The zero-order valence-corrected chi connectivity index (χ0v) is 31.8. The predicted octanol–water partition coefficient (Wildman–Crippen LogP) is 11.9. The second kappa shape index (κ2) is 15.7. The summed E-state index contributed by atoms with van der Waals surface area (Å²) in [6, 6.07) is 18.6. The summed E-state index contributed by atoms with van der Waals surface area (Å²) in [6.07, 6.45) is 6.33. The van der Waals surface area contributed by atoms with Crippen molar-refractivity contribution < 1.29 is 34.7 Å². The van der Waals surface area contributed by atoms with Gasteiger partial charge in [-0.05, 0) is 73.9 Å². The molecule has 0 saturated heterocycles. The van der Waals surface area contributed by atoms with Gasteiger partial charge in [-0.25, -0.2) is 0 Å². The van der Waals surface area contributed by atoms with Gasteiger partial charge >= 0.3 is 0 Å². The Morgan fingerprint density at radius 3 is 2.24 bits per heavy atom. The van der Waals surface area contributed by atoms with Gasteiger partial charge in [-0.2, -0.15) is 0 Å². The van der Waals surface area contributed by atoms with Crippen molar-refractivity contribution in [2.75, 3.05) is 0 Å². The Balaban J connectivity index is 0.000000280. The van der Waals surface area contributed by atoms with Gasteiger partial charge in [0.1, 0.15) is 11.5 Å². The fraction of sp³-hybridized carbons (Fsp3) is 0.463. The molecule has 2 heterocycles. The van der Waals surface area contributed by atoms with E-state index in [4.69, 9.17) is 9.72 Å². The molecule has 0 saturated carbocycles. The summed E-state index contributed by atoms with van der Waals surface area (Å²) in [5, 5.41) is 14.9. The first-order chi connectivity index (χ1) is 21.4. The number of rotatable bonds is 10. The monoisotopic (exact) mass is 799 g/mol. The minimum absolute atomic E-state index is 0. The van der Waals surface area contributed by atoms with Gasteiger partial charge in [-0.3, -0.25) is 9.78 Å². The molecule has 1 aromatic heterocycles. The number of aliphatic hydroxyl groups excluding tert-OH is 1. The number of benzene rings is 3. The third kappa shape index (κ3) is 7.42. The van der Waals surface area contributed by atoms with Crippen LogP contribution in [0.15, 0.2) is 60.0 Å². The van der Waals surface area contributed by atoms with E-state index in [1.54, 1.807) is 6.92 Å². The molecule has 1 N–H and O–H groups in total. The first-order valence-electron chi connectivity index (χ1n) is 16.9. The molecular formula is C41H52IrNO3-. The molecule has 0 unspecified atom stereocenters. The smallest absolute Gasteiger partial charge is 0.164 e. The zero-order chi connectivity index (χ0) is 33.1. The van der Waals surface area contributed by atoms with Gasteiger partial charge in [0.2, 0.25) is 0 Å². The molecule has 0 spiro atoms. The molecular weight excluding hydrogens is 747 g/mol. The fourth-order valence-corrected chi connectivity index (χ4v) is 6.55. The number of nitrogens with zero attached hydrogens (tertiary/aromatic N) is 1. The quantitative estimate of drug-likeness (QED) is 0.0868. The molecule has 0 atom stereocenters. The van der Waals surface area contributed by atoms with Crippen molar-refractivity contribution >= 4 is 27.3 Å². The van der Waals surface area contributed by atoms with E-state index in [9.17, 15) is 9.90 Å². The Labute approximate surface area is 290 Å². The number of carbonyl (C=O) groups is 1. The third-order valence-electron chi connectivity index (χ3n) is 9.72. The van der Waals surface area contributed by atoms with Crippen molar-refractivity contribution in [1.29, 1.82) is 0 Å². The molecule has 3 aromatic carbocycles. The van der Waals surface area contributed by atoms with E-state index in [0.29, 0.717) is 23.2 Å². The number of aliphatic hydroxyl groups is 1. The fourth-order valence-electron chi connectivity index (χ4n) is 6.55. The van der Waals surface area contributed by atoms with E-state index in [1.807, 2.05) is 27.0 Å². The number of fused-ring (bicyclic) bond motifs is 3. The van der Waals surface area contributed by atoms with Crippen molar-refractivity contribution in [3.63, 3.8) is 0 Å². The van der Waals surface area contributed by atoms with Crippen LogP contribution in [0.2, 0.25) is 0 Å². The van der Waals surface area contributed by atoms with Crippen LogP contribution in [-0.2, 0) is 31.3 Å². The number of pyridine rings is 1. The number of ketones is 1. The second-order valence-electron chi connectivity index (χ2n) is 13.6. The van der Waals surface area contributed by atoms with E-state index in [0.717, 1.165) is 65.6 Å². The van der Waals surface area contributed by atoms with Crippen LogP contribution in [0.5, 0.6) is 11.5 Å². The van der Waals surface area contributed by atoms with E-state index in [-0.39, 0.29) is 37.2 Å². The molecule has 4 aromatic rings. The summed E-state index contributed by atoms with van der Waals surface area (Å²) < 4.78 is 6.60. The summed E-state index contributed by atoms with van der Waals surface area (Å²) >= 11 is 0. The molecule has 0 aliphatic carbocycles. The Hall–Kier alpha value is -3.01. The van der Waals surface area contributed by atoms with Crippen LogP contribution in [-0.4, -0.2) is 15.9 Å². The molecule has 5 rings (SSSR count). The first kappa shape index (κ1) is 37.4. The maximum absolute atomic E-state index is 12.2. The topological polar surface area (TPSA) is 59.4 Å². The summed E-state index contributed by atoms with van der Waals surface area (Å²) in [4.78, 5) is 17.0. The van der Waals surface area contributed by atoms with E-state index < -0.39 is 0 Å². The van der Waals surface area contributed by atoms with Gasteiger partial charge in [-0.1, -0.05) is 103 Å². The third-order valence-corrected chi connectivity index (χ3v) is 9.72. The molecule has 0 bridgehead atoms. The van der Waals surface area contributed by atoms with Crippen LogP contribution in [0.25, 0.3) is 32.8 Å². The molecule has 249 valence electrons. The summed E-state index contributed by atoms with van der Waals surface area (Å²) in [6.45, 7) is 20.9. The minimum Gasteiger partial charge on any atom is -0.511 e. The molecule has 1 aliphatic rings. The maximum atomic E-state index is 12.2. The normalized spacial score (nSPS) is 12.8. The molecule has 46 heavy (non-hydrogen) atoms. The van der Waals surface area contributed by atoms with Crippen LogP contribution in [0.1, 0.15) is 112 Å². The summed E-state index contributed by atoms with van der Waals surface area (Å²) in [7, 11) is 0.